The number of nitrogens with one attached hydrogen (secondary N) is 2. The molecule has 0 bridgehead atoms. The van der Waals surface area contributed by atoms with Crippen molar-refractivity contribution in [2.45, 2.75) is 26.3 Å². The van der Waals surface area contributed by atoms with Crippen molar-refractivity contribution >= 4 is 11.8 Å². The molecule has 1 atom stereocenters. The number of carbonyl (C=O) groups excluding carboxylic acids is 2. The molecule has 5 nitrogen and oxygen atoms in total. The van der Waals surface area contributed by atoms with Gasteiger partial charge in [-0.1, -0.05) is 37.3 Å². The Bertz CT molecular complexity index is 809. The van der Waals surface area contributed by atoms with Gasteiger partial charge < -0.3 is 10.6 Å². The highest BCUT2D eigenvalue weighted by Crippen LogP contribution is 2.17. The quantitative estimate of drug-likeness (QED) is 0.851. The van der Waals surface area contributed by atoms with Crippen LogP contribution in [0.15, 0.2) is 48.5 Å². The first-order valence-electron chi connectivity index (χ1n) is 8.21. The minimum atomic E-state index is -0.744. The van der Waals surface area contributed by atoms with Crippen LogP contribution in [-0.4, -0.2) is 18.4 Å². The summed E-state index contributed by atoms with van der Waals surface area (Å²) in [6.45, 7) is 4.45. The lowest BCUT2D eigenvalue weighted by molar-refractivity contribution is 0.0945. The Balaban J connectivity index is 2.16. The Morgan fingerprint density at radius 3 is 2.40 bits per heavy atom. The minimum absolute atomic E-state index is 0.216. The van der Waals surface area contributed by atoms with Crippen LogP contribution in [0.4, 0.5) is 0 Å². The van der Waals surface area contributed by atoms with Crippen LogP contribution in [0.25, 0.3) is 0 Å². The largest absolute Gasteiger partial charge is 0.352 e. The maximum atomic E-state index is 12.5. The van der Waals surface area contributed by atoms with E-state index in [1.165, 1.54) is 6.07 Å². The third-order valence-electron chi connectivity index (χ3n) is 3.83. The number of carbonyl (C=O) groups is 2. The smallest absolute Gasteiger partial charge is 0.252 e. The van der Waals surface area contributed by atoms with Gasteiger partial charge in [0.25, 0.3) is 11.8 Å². The van der Waals surface area contributed by atoms with Gasteiger partial charge in [0.1, 0.15) is 6.04 Å². The van der Waals surface area contributed by atoms with E-state index < -0.39 is 6.04 Å². The van der Waals surface area contributed by atoms with Crippen LogP contribution in [-0.2, 0) is 0 Å². The molecule has 2 aromatic carbocycles. The van der Waals surface area contributed by atoms with E-state index in [2.05, 4.69) is 16.7 Å². The highest BCUT2D eigenvalue weighted by molar-refractivity contribution is 5.99. The van der Waals surface area contributed by atoms with Crippen molar-refractivity contribution in [3.63, 3.8) is 0 Å². The predicted octanol–water partition coefficient (Wildman–Crippen LogP) is 3.13. The Kier molecular flexibility index (Phi) is 6.30. The number of hydrogen-bond donors (Lipinski definition) is 2. The summed E-state index contributed by atoms with van der Waals surface area (Å²) in [6.07, 6.45) is 0.839. The van der Waals surface area contributed by atoms with Crippen molar-refractivity contribution in [2.24, 2.45) is 0 Å². The SMILES string of the molecule is CCCNC(=O)c1cccc(C(=O)N[C@@H](C#N)c2ccccc2C)c1. The van der Waals surface area contributed by atoms with Gasteiger partial charge in [0.05, 0.1) is 6.07 Å². The molecule has 0 heterocycles. The highest BCUT2D eigenvalue weighted by atomic mass is 16.2. The van der Waals surface area contributed by atoms with Gasteiger partial charge in [0, 0.05) is 17.7 Å². The van der Waals surface area contributed by atoms with Gasteiger partial charge >= 0.3 is 0 Å². The molecule has 2 amide bonds. The summed E-state index contributed by atoms with van der Waals surface area (Å²) in [5.41, 5.74) is 2.46. The molecule has 0 aliphatic heterocycles. The van der Waals surface area contributed by atoms with E-state index in [1.54, 1.807) is 18.2 Å². The molecule has 25 heavy (non-hydrogen) atoms. The number of nitrogens with zero attached hydrogens (tertiary/aromatic N) is 1. The van der Waals surface area contributed by atoms with E-state index in [9.17, 15) is 14.9 Å². The number of rotatable bonds is 6. The maximum Gasteiger partial charge on any atom is 0.252 e. The zero-order valence-electron chi connectivity index (χ0n) is 14.4. The number of hydrogen-bond acceptors (Lipinski definition) is 3. The fraction of sp³-hybridized carbons (Fsp3) is 0.250. The summed E-state index contributed by atoms with van der Waals surface area (Å²) in [6, 6.07) is 15.3. The maximum absolute atomic E-state index is 12.5. The minimum Gasteiger partial charge on any atom is -0.352 e. The third-order valence-corrected chi connectivity index (χ3v) is 3.83. The van der Waals surface area contributed by atoms with E-state index in [-0.39, 0.29) is 11.8 Å². The Labute approximate surface area is 147 Å². The number of benzene rings is 2. The summed E-state index contributed by atoms with van der Waals surface area (Å²) in [4.78, 5) is 24.5. The second-order valence-electron chi connectivity index (χ2n) is 5.73. The van der Waals surface area contributed by atoms with Crippen molar-refractivity contribution in [1.29, 1.82) is 5.26 Å². The average molecular weight is 335 g/mol. The van der Waals surface area contributed by atoms with Crippen LogP contribution in [0.5, 0.6) is 0 Å². The summed E-state index contributed by atoms with van der Waals surface area (Å²) in [5, 5.41) is 14.9. The molecule has 0 aliphatic rings. The molecule has 2 rings (SSSR count). The van der Waals surface area contributed by atoms with Crippen molar-refractivity contribution in [3.05, 3.63) is 70.8 Å². The molecule has 5 heteroatoms. The zero-order chi connectivity index (χ0) is 18.2. The molecule has 0 aliphatic carbocycles. The average Bonchev–Trinajstić information content (AvgIpc) is 2.64. The van der Waals surface area contributed by atoms with Gasteiger partial charge in [-0.2, -0.15) is 5.26 Å². The van der Waals surface area contributed by atoms with Gasteiger partial charge in [-0.15, -0.1) is 0 Å². The molecular weight excluding hydrogens is 314 g/mol. The third kappa shape index (κ3) is 4.67. The summed E-state index contributed by atoms with van der Waals surface area (Å²) >= 11 is 0. The molecular formula is C20H21N3O2. The van der Waals surface area contributed by atoms with Gasteiger partial charge in [-0.25, -0.2) is 0 Å². The van der Waals surface area contributed by atoms with Gasteiger partial charge in [0.15, 0.2) is 0 Å². The molecule has 0 unspecified atom stereocenters. The van der Waals surface area contributed by atoms with Crippen LogP contribution < -0.4 is 10.6 Å². The second-order valence-corrected chi connectivity index (χ2v) is 5.73. The molecule has 0 fully saturated rings. The number of nitriles is 1. The first-order chi connectivity index (χ1) is 12.1. The molecule has 2 aromatic rings. The summed E-state index contributed by atoms with van der Waals surface area (Å²) < 4.78 is 0. The Morgan fingerprint density at radius 2 is 1.76 bits per heavy atom. The van der Waals surface area contributed by atoms with Crippen LogP contribution >= 0.6 is 0 Å². The highest BCUT2D eigenvalue weighted by Gasteiger charge is 2.17. The zero-order valence-corrected chi connectivity index (χ0v) is 14.4. The molecule has 0 spiro atoms. The van der Waals surface area contributed by atoms with Gasteiger partial charge in [-0.3, -0.25) is 9.59 Å². The van der Waals surface area contributed by atoms with E-state index >= 15 is 0 Å². The van der Waals surface area contributed by atoms with E-state index in [0.717, 1.165) is 17.5 Å². The first kappa shape index (κ1) is 18.2. The Morgan fingerprint density at radius 1 is 1.08 bits per heavy atom. The van der Waals surface area contributed by atoms with Crippen molar-refractivity contribution in [1.82, 2.24) is 10.6 Å². The standard InChI is InChI=1S/C20H21N3O2/c1-3-11-22-19(24)15-8-6-9-16(12-15)20(25)23-18(13-21)17-10-5-4-7-14(17)2/h4-10,12,18H,3,11H2,1-2H3,(H,22,24)(H,23,25)/t18-/m0/s1. The summed E-state index contributed by atoms with van der Waals surface area (Å²) in [5.74, 6) is -0.604. The van der Waals surface area contributed by atoms with Crippen LogP contribution in [0.1, 0.15) is 51.2 Å². The monoisotopic (exact) mass is 335 g/mol. The molecule has 0 radical (unpaired) electrons. The fourth-order valence-electron chi connectivity index (χ4n) is 2.45. The fourth-order valence-corrected chi connectivity index (χ4v) is 2.45. The lowest BCUT2D eigenvalue weighted by Gasteiger charge is -2.14. The predicted molar refractivity (Wildman–Crippen MR) is 96.1 cm³/mol. The summed E-state index contributed by atoms with van der Waals surface area (Å²) in [7, 11) is 0. The first-order valence-corrected chi connectivity index (χ1v) is 8.21. The topological polar surface area (TPSA) is 82.0 Å². The molecule has 0 aromatic heterocycles. The van der Waals surface area contributed by atoms with E-state index in [4.69, 9.17) is 0 Å². The van der Waals surface area contributed by atoms with Crippen molar-refractivity contribution in [2.75, 3.05) is 6.54 Å². The lowest BCUT2D eigenvalue weighted by Crippen LogP contribution is -2.29. The van der Waals surface area contributed by atoms with E-state index in [1.807, 2.05) is 38.1 Å². The van der Waals surface area contributed by atoms with Crippen LogP contribution in [0.2, 0.25) is 0 Å². The number of aryl methyl sites for hydroxylation is 1. The van der Waals surface area contributed by atoms with Crippen molar-refractivity contribution < 1.29 is 9.59 Å². The van der Waals surface area contributed by atoms with E-state index in [0.29, 0.717) is 17.7 Å². The molecule has 0 saturated carbocycles. The molecule has 0 saturated heterocycles. The lowest BCUT2D eigenvalue weighted by atomic mass is 10.0. The van der Waals surface area contributed by atoms with Gasteiger partial charge in [0.2, 0.25) is 0 Å². The normalized spacial score (nSPS) is 11.2. The van der Waals surface area contributed by atoms with Crippen LogP contribution in [0, 0.1) is 18.3 Å². The number of amides is 2. The van der Waals surface area contributed by atoms with Crippen molar-refractivity contribution in [3.8, 4) is 6.07 Å². The second kappa shape index (κ2) is 8.65. The molecule has 2 N–H and O–H groups in total. The van der Waals surface area contributed by atoms with Crippen LogP contribution in [0.3, 0.4) is 0 Å². The Hall–Kier alpha value is -3.13. The van der Waals surface area contributed by atoms with Gasteiger partial charge in [-0.05, 0) is 42.7 Å². The molecule has 128 valence electrons.